The van der Waals surface area contributed by atoms with Gasteiger partial charge in [0.1, 0.15) is 30.2 Å². The number of unbranched alkanes of at least 4 members (excludes halogenated alkanes) is 2. The molecular weight excluding hydrogens is 713 g/mol. The molecule has 0 bridgehead atoms. The lowest BCUT2D eigenvalue weighted by Crippen LogP contribution is -2.17. The van der Waals surface area contributed by atoms with E-state index in [1.807, 2.05) is 74.5 Å². The van der Waals surface area contributed by atoms with Gasteiger partial charge in [0.25, 0.3) is 20.2 Å². The zero-order valence-electron chi connectivity index (χ0n) is 30.1. The lowest BCUT2D eigenvalue weighted by atomic mass is 9.95. The molecule has 0 aromatic heterocycles. The first kappa shape index (κ1) is 38.4. The largest absolute Gasteiger partial charge is 0.478 e. The lowest BCUT2D eigenvalue weighted by Gasteiger charge is -2.17. The normalized spacial score (nSPS) is 17.8. The van der Waals surface area contributed by atoms with Crippen molar-refractivity contribution >= 4 is 32.0 Å². The molecule has 0 radical (unpaired) electrons. The first-order valence-corrected chi connectivity index (χ1v) is 20.9. The molecule has 0 saturated heterocycles. The Bertz CT molecular complexity index is 2100. The summed E-state index contributed by atoms with van der Waals surface area (Å²) in [6, 6.07) is 31.1. The summed E-state index contributed by atoms with van der Waals surface area (Å²) in [5, 5.41) is 0. The van der Waals surface area contributed by atoms with Crippen LogP contribution in [0.1, 0.15) is 78.4 Å². The van der Waals surface area contributed by atoms with E-state index in [1.165, 1.54) is 0 Å². The average molecular weight is 759 g/mol. The topological polar surface area (TPSA) is 130 Å². The van der Waals surface area contributed by atoms with E-state index in [-0.39, 0.29) is 46.9 Å². The van der Waals surface area contributed by atoms with Crippen molar-refractivity contribution < 1.29 is 34.7 Å². The van der Waals surface area contributed by atoms with Crippen LogP contribution in [0, 0.1) is 19.8 Å². The van der Waals surface area contributed by atoms with Crippen molar-refractivity contribution in [3.8, 4) is 0 Å². The highest BCUT2D eigenvalue weighted by Gasteiger charge is 2.29. The predicted octanol–water partition coefficient (Wildman–Crippen LogP) is 8.06. The molecule has 2 aliphatic heterocycles. The van der Waals surface area contributed by atoms with E-state index >= 15 is 0 Å². The van der Waals surface area contributed by atoms with Gasteiger partial charge in [0.05, 0.1) is 23.7 Å². The summed E-state index contributed by atoms with van der Waals surface area (Å²) in [6.07, 6.45) is 3.83. The molecule has 53 heavy (non-hydrogen) atoms. The maximum absolute atomic E-state index is 13.5. The zero-order chi connectivity index (χ0) is 37.3. The molecule has 10 nitrogen and oxygen atoms in total. The number of aliphatic imine (C=N–C) groups is 2. The van der Waals surface area contributed by atoms with Gasteiger partial charge in [-0.25, -0.2) is 9.98 Å². The van der Waals surface area contributed by atoms with Crippen molar-refractivity contribution in [2.24, 2.45) is 15.9 Å². The Morgan fingerprint density at radius 2 is 1.19 bits per heavy atom. The fourth-order valence-electron chi connectivity index (χ4n) is 6.41. The number of hydrogen-bond acceptors (Lipinski definition) is 10. The van der Waals surface area contributed by atoms with E-state index in [4.69, 9.17) is 27.8 Å². The first-order chi connectivity index (χ1) is 25.6. The van der Waals surface area contributed by atoms with Crippen LogP contribution < -0.4 is 0 Å². The van der Waals surface area contributed by atoms with Gasteiger partial charge in [0.15, 0.2) is 5.90 Å². The smallest absolute Gasteiger partial charge is 0.297 e. The Morgan fingerprint density at radius 3 is 1.81 bits per heavy atom. The number of hydrogen-bond donors (Lipinski definition) is 0. The molecule has 2 aliphatic rings. The van der Waals surface area contributed by atoms with Crippen molar-refractivity contribution in [1.29, 1.82) is 0 Å². The van der Waals surface area contributed by atoms with Crippen molar-refractivity contribution in [3.05, 3.63) is 131 Å². The van der Waals surface area contributed by atoms with Crippen LogP contribution in [0.2, 0.25) is 0 Å². The second kappa shape index (κ2) is 17.6. The SMILES string of the molecule is Cc1ccc(S(=O)(=O)OCCCCC(CCCCOS(=O)(=O)c2ccc(C)cc2C2=N[C@@H](c3ccccc3)CO2)C2=N[C@@H](c3ccccc3)CO2)cc1. The summed E-state index contributed by atoms with van der Waals surface area (Å²) in [6.45, 7) is 4.65. The van der Waals surface area contributed by atoms with Gasteiger partial charge >= 0.3 is 0 Å². The van der Waals surface area contributed by atoms with Crippen molar-refractivity contribution in [2.75, 3.05) is 26.4 Å². The zero-order valence-corrected chi connectivity index (χ0v) is 31.7. The minimum absolute atomic E-state index is 0.00697. The number of benzene rings is 4. The Labute approximate surface area is 313 Å². The lowest BCUT2D eigenvalue weighted by molar-refractivity contribution is 0.275. The average Bonchev–Trinajstić information content (AvgIpc) is 3.86. The molecule has 6 rings (SSSR count). The highest BCUT2D eigenvalue weighted by Crippen LogP contribution is 2.31. The fourth-order valence-corrected chi connectivity index (χ4v) is 8.47. The van der Waals surface area contributed by atoms with Crippen molar-refractivity contribution in [2.45, 2.75) is 74.2 Å². The van der Waals surface area contributed by atoms with E-state index in [2.05, 4.69) is 0 Å². The number of ether oxygens (including phenoxy) is 2. The predicted molar refractivity (Wildman–Crippen MR) is 204 cm³/mol. The number of nitrogens with zero attached hydrogens (tertiary/aromatic N) is 2. The van der Waals surface area contributed by atoms with Gasteiger partial charge in [-0.15, -0.1) is 0 Å². The maximum Gasteiger partial charge on any atom is 0.297 e. The van der Waals surface area contributed by atoms with Crippen LogP contribution in [0.4, 0.5) is 0 Å². The Kier molecular flexibility index (Phi) is 12.8. The van der Waals surface area contributed by atoms with E-state index < -0.39 is 20.2 Å². The van der Waals surface area contributed by atoms with Gasteiger partial charge in [-0.05, 0) is 74.9 Å². The van der Waals surface area contributed by atoms with Crippen LogP contribution in [-0.4, -0.2) is 55.1 Å². The van der Waals surface area contributed by atoms with E-state index in [0.29, 0.717) is 63.2 Å². The third-order valence-electron chi connectivity index (χ3n) is 9.36. The van der Waals surface area contributed by atoms with Gasteiger partial charge in [-0.2, -0.15) is 16.8 Å². The third kappa shape index (κ3) is 10.2. The molecular formula is C41H46N2O8S2. The molecule has 0 amide bonds. The minimum atomic E-state index is -4.11. The van der Waals surface area contributed by atoms with E-state index in [1.54, 1.807) is 42.5 Å². The van der Waals surface area contributed by atoms with Crippen molar-refractivity contribution in [3.63, 3.8) is 0 Å². The highest BCUT2D eigenvalue weighted by atomic mass is 32.2. The molecule has 12 heteroatoms. The molecule has 0 aliphatic carbocycles. The quantitative estimate of drug-likeness (QED) is 0.0736. The summed E-state index contributed by atoms with van der Waals surface area (Å²) >= 11 is 0. The monoisotopic (exact) mass is 758 g/mol. The third-order valence-corrected chi connectivity index (χ3v) is 12.1. The maximum atomic E-state index is 13.5. The summed E-state index contributed by atoms with van der Waals surface area (Å²) in [5.41, 5.74) is 4.32. The second-order valence-corrected chi connectivity index (χ2v) is 16.6. The van der Waals surface area contributed by atoms with Crippen LogP contribution in [0.25, 0.3) is 0 Å². The molecule has 1 unspecified atom stereocenters. The Balaban J connectivity index is 1.05. The molecule has 0 fully saturated rings. The van der Waals surface area contributed by atoms with Crippen LogP contribution >= 0.6 is 0 Å². The van der Waals surface area contributed by atoms with Gasteiger partial charge in [0.2, 0.25) is 5.90 Å². The van der Waals surface area contributed by atoms with Gasteiger partial charge < -0.3 is 9.47 Å². The Hall–Kier alpha value is -4.36. The second-order valence-electron chi connectivity index (χ2n) is 13.4. The molecule has 4 aromatic carbocycles. The molecule has 2 heterocycles. The molecule has 3 atom stereocenters. The van der Waals surface area contributed by atoms with Gasteiger partial charge in [-0.1, -0.05) is 103 Å². The molecule has 0 N–H and O–H groups in total. The first-order valence-electron chi connectivity index (χ1n) is 18.1. The van der Waals surface area contributed by atoms with Gasteiger partial charge in [0, 0.05) is 5.92 Å². The van der Waals surface area contributed by atoms with E-state index in [0.717, 1.165) is 22.3 Å². The number of rotatable bonds is 18. The molecule has 280 valence electrons. The van der Waals surface area contributed by atoms with Crippen LogP contribution in [0.5, 0.6) is 0 Å². The molecule has 0 saturated carbocycles. The van der Waals surface area contributed by atoms with Crippen molar-refractivity contribution in [1.82, 2.24) is 0 Å². The van der Waals surface area contributed by atoms with Crippen LogP contribution in [0.15, 0.2) is 123 Å². The molecule has 4 aromatic rings. The summed E-state index contributed by atoms with van der Waals surface area (Å²) < 4.78 is 75.1. The Morgan fingerprint density at radius 1 is 0.642 bits per heavy atom. The molecule has 0 spiro atoms. The summed E-state index contributed by atoms with van der Waals surface area (Å²) in [7, 11) is -7.94. The van der Waals surface area contributed by atoms with Crippen LogP contribution in [0.3, 0.4) is 0 Å². The fraction of sp³-hybridized carbons (Fsp3) is 0.366. The summed E-state index contributed by atoms with van der Waals surface area (Å²) in [4.78, 5) is 9.80. The highest BCUT2D eigenvalue weighted by molar-refractivity contribution is 7.87. The summed E-state index contributed by atoms with van der Waals surface area (Å²) in [5.74, 6) is 0.945. The standard InChI is InChI=1S/C41H46N2O8S2/c1-30-19-22-35(23-20-30)52(44,45)50-25-11-9-17-34(40-42-37(28-48-40)32-13-5-3-6-14-32)18-10-12-26-51-53(46,47)39-24-21-31(2)27-36(39)41-43-38(29-49-41)33-15-7-4-8-16-33/h3-8,13-16,19-24,27,34,37-38H,9-12,17-18,25-26,28-29H2,1-2H3/t34?,37-,38-/m1/s1. The number of aryl methyl sites for hydroxylation is 2. The minimum Gasteiger partial charge on any atom is -0.478 e. The van der Waals surface area contributed by atoms with E-state index in [9.17, 15) is 16.8 Å². The van der Waals surface area contributed by atoms with Gasteiger partial charge in [-0.3, -0.25) is 8.37 Å². The van der Waals surface area contributed by atoms with Crippen LogP contribution in [-0.2, 0) is 38.1 Å².